The second kappa shape index (κ2) is 8.47. The molecule has 0 aromatic heterocycles. The summed E-state index contributed by atoms with van der Waals surface area (Å²) in [7, 11) is 1.66. The van der Waals surface area contributed by atoms with Crippen molar-refractivity contribution in [3.63, 3.8) is 0 Å². The number of hydrogen-bond acceptors (Lipinski definition) is 4. The van der Waals surface area contributed by atoms with Gasteiger partial charge in [0.25, 0.3) is 0 Å². The summed E-state index contributed by atoms with van der Waals surface area (Å²) in [4.78, 5) is 10.4. The van der Waals surface area contributed by atoms with Gasteiger partial charge in [0.1, 0.15) is 5.75 Å². The van der Waals surface area contributed by atoms with Crippen molar-refractivity contribution in [2.75, 3.05) is 19.4 Å². The Morgan fingerprint density at radius 2 is 2.17 bits per heavy atom. The summed E-state index contributed by atoms with van der Waals surface area (Å²) in [6.07, 6.45) is 2.89. The predicted octanol–water partition coefficient (Wildman–Crippen LogP) is 1.52. The van der Waals surface area contributed by atoms with Gasteiger partial charge >= 0.3 is 0 Å². The van der Waals surface area contributed by atoms with Crippen LogP contribution in [-0.4, -0.2) is 25.3 Å². The van der Waals surface area contributed by atoms with Gasteiger partial charge < -0.3 is 15.8 Å². The summed E-state index contributed by atoms with van der Waals surface area (Å²) in [6.45, 7) is 0.810. The number of nitrogens with one attached hydrogen (secondary N) is 1. The molecule has 1 aromatic rings. The Balaban J connectivity index is 2.12. The maximum Gasteiger partial charge on any atom is 0.242 e. The van der Waals surface area contributed by atoms with E-state index in [0.717, 1.165) is 23.8 Å². The Morgan fingerprint density at radius 3 is 2.78 bits per heavy atom. The van der Waals surface area contributed by atoms with Crippen molar-refractivity contribution in [3.8, 4) is 5.75 Å². The molecule has 0 bridgehead atoms. The summed E-state index contributed by atoms with van der Waals surface area (Å²) in [5.41, 5.74) is 6.22. The molecule has 18 heavy (non-hydrogen) atoms. The summed E-state index contributed by atoms with van der Waals surface area (Å²) in [6, 6.07) is 8.05. The molecule has 1 amide bonds. The molecule has 0 aliphatic rings. The third kappa shape index (κ3) is 6.20. The first-order valence-corrected chi connectivity index (χ1v) is 6.78. The Hall–Kier alpha value is -1.62. The van der Waals surface area contributed by atoms with Crippen molar-refractivity contribution < 1.29 is 9.53 Å². The van der Waals surface area contributed by atoms with E-state index >= 15 is 0 Å². The van der Waals surface area contributed by atoms with Crippen molar-refractivity contribution >= 4 is 17.7 Å². The average Bonchev–Trinajstić information content (AvgIpc) is 2.38. The number of rotatable bonds is 8. The van der Waals surface area contributed by atoms with Gasteiger partial charge in [0.2, 0.25) is 5.91 Å². The zero-order valence-corrected chi connectivity index (χ0v) is 11.2. The van der Waals surface area contributed by atoms with Crippen molar-refractivity contribution in [1.82, 2.24) is 5.32 Å². The highest BCUT2D eigenvalue weighted by Crippen LogP contribution is 2.15. The fraction of sp³-hybridized carbons (Fsp3) is 0.308. The lowest BCUT2D eigenvalue weighted by Gasteiger charge is -2.04. The number of carbonyl (C=O) groups is 1. The molecule has 0 saturated carbocycles. The van der Waals surface area contributed by atoms with Crippen LogP contribution < -0.4 is 15.8 Å². The van der Waals surface area contributed by atoms with Crippen LogP contribution in [0.5, 0.6) is 5.75 Å². The van der Waals surface area contributed by atoms with E-state index in [1.807, 2.05) is 23.9 Å². The van der Waals surface area contributed by atoms with E-state index in [2.05, 4.69) is 17.4 Å². The van der Waals surface area contributed by atoms with E-state index in [0.29, 0.717) is 0 Å². The lowest BCUT2D eigenvalue weighted by molar-refractivity contribution is -0.113. The molecule has 0 saturated heterocycles. The van der Waals surface area contributed by atoms with E-state index in [-0.39, 0.29) is 0 Å². The van der Waals surface area contributed by atoms with Crippen molar-refractivity contribution in [3.05, 3.63) is 42.1 Å². The van der Waals surface area contributed by atoms with E-state index < -0.39 is 5.91 Å². The number of carbonyl (C=O) groups excluding carboxylic acids is 1. The standard InChI is InChI=1S/C13H18N2O2S/c1-17-12-4-2-11(3-5-12)10-18-9-8-15-7-6-13(14)16/h2-7,15H,8-10H2,1H3,(H2,14,16). The maximum atomic E-state index is 10.4. The number of nitrogens with two attached hydrogens (primary N) is 1. The summed E-state index contributed by atoms with van der Waals surface area (Å²) >= 11 is 1.83. The topological polar surface area (TPSA) is 64.3 Å². The molecule has 0 fully saturated rings. The molecular formula is C13H18N2O2S. The Kier molecular flexibility index (Phi) is 6.79. The molecule has 0 atom stereocenters. The largest absolute Gasteiger partial charge is 0.497 e. The van der Waals surface area contributed by atoms with Crippen molar-refractivity contribution in [2.45, 2.75) is 5.75 Å². The van der Waals surface area contributed by atoms with E-state index in [9.17, 15) is 4.79 Å². The van der Waals surface area contributed by atoms with E-state index in [4.69, 9.17) is 10.5 Å². The van der Waals surface area contributed by atoms with Gasteiger partial charge in [-0.3, -0.25) is 4.79 Å². The van der Waals surface area contributed by atoms with E-state index in [1.54, 1.807) is 13.3 Å². The van der Waals surface area contributed by atoms with Gasteiger partial charge in [-0.05, 0) is 17.7 Å². The molecular weight excluding hydrogens is 248 g/mol. The van der Waals surface area contributed by atoms with Gasteiger partial charge in [0.15, 0.2) is 0 Å². The molecule has 0 aliphatic heterocycles. The monoisotopic (exact) mass is 266 g/mol. The lowest BCUT2D eigenvalue weighted by Crippen LogP contribution is -2.12. The first-order chi connectivity index (χ1) is 8.72. The van der Waals surface area contributed by atoms with Crippen LogP contribution >= 0.6 is 11.8 Å². The molecule has 0 heterocycles. The van der Waals surface area contributed by atoms with Gasteiger partial charge in [-0.2, -0.15) is 11.8 Å². The van der Waals surface area contributed by atoms with Crippen LogP contribution in [0.3, 0.4) is 0 Å². The molecule has 5 heteroatoms. The molecule has 0 spiro atoms. The molecule has 0 radical (unpaired) electrons. The fourth-order valence-electron chi connectivity index (χ4n) is 1.27. The first kappa shape index (κ1) is 14.4. The number of thioether (sulfide) groups is 1. The third-order valence-corrected chi connectivity index (χ3v) is 3.21. The molecule has 4 nitrogen and oxygen atoms in total. The minimum absolute atomic E-state index is 0.437. The first-order valence-electron chi connectivity index (χ1n) is 5.62. The quantitative estimate of drug-likeness (QED) is 0.553. The number of methoxy groups -OCH3 is 1. The van der Waals surface area contributed by atoms with Crippen LogP contribution in [0.2, 0.25) is 0 Å². The second-order valence-corrected chi connectivity index (χ2v) is 4.70. The third-order valence-electron chi connectivity index (χ3n) is 2.18. The minimum atomic E-state index is -0.437. The zero-order valence-electron chi connectivity index (χ0n) is 10.4. The van der Waals surface area contributed by atoms with Crippen LogP contribution in [0.1, 0.15) is 5.56 Å². The average molecular weight is 266 g/mol. The smallest absolute Gasteiger partial charge is 0.242 e. The van der Waals surface area contributed by atoms with Crippen LogP contribution in [0.15, 0.2) is 36.5 Å². The van der Waals surface area contributed by atoms with Crippen LogP contribution in [-0.2, 0) is 10.5 Å². The Bertz CT molecular complexity index is 390. The highest BCUT2D eigenvalue weighted by molar-refractivity contribution is 7.98. The fourth-order valence-corrected chi connectivity index (χ4v) is 2.10. The van der Waals surface area contributed by atoms with Crippen LogP contribution in [0, 0.1) is 0 Å². The van der Waals surface area contributed by atoms with E-state index in [1.165, 1.54) is 11.6 Å². The molecule has 3 N–H and O–H groups in total. The predicted molar refractivity (Wildman–Crippen MR) is 75.5 cm³/mol. The van der Waals surface area contributed by atoms with Gasteiger partial charge in [0.05, 0.1) is 7.11 Å². The SMILES string of the molecule is COc1ccc(CSCCNC=CC(N)=O)cc1. The Labute approximate surface area is 112 Å². The lowest BCUT2D eigenvalue weighted by atomic mass is 10.2. The summed E-state index contributed by atoms with van der Waals surface area (Å²) in [5, 5.41) is 3.00. The molecule has 1 aromatic carbocycles. The number of hydrogen-bond donors (Lipinski definition) is 2. The van der Waals surface area contributed by atoms with Crippen LogP contribution in [0.4, 0.5) is 0 Å². The minimum Gasteiger partial charge on any atom is -0.497 e. The summed E-state index contributed by atoms with van der Waals surface area (Å²) < 4.78 is 5.10. The number of benzene rings is 1. The van der Waals surface area contributed by atoms with Gasteiger partial charge in [-0.1, -0.05) is 12.1 Å². The molecule has 0 aliphatic carbocycles. The highest BCUT2D eigenvalue weighted by atomic mass is 32.2. The maximum absolute atomic E-state index is 10.4. The normalized spacial score (nSPS) is 10.5. The number of ether oxygens (including phenoxy) is 1. The van der Waals surface area contributed by atoms with Gasteiger partial charge in [-0.25, -0.2) is 0 Å². The van der Waals surface area contributed by atoms with Gasteiger partial charge in [-0.15, -0.1) is 0 Å². The number of amides is 1. The Morgan fingerprint density at radius 1 is 1.44 bits per heavy atom. The summed E-state index contributed by atoms with van der Waals surface area (Å²) in [5.74, 6) is 2.37. The number of primary amides is 1. The molecule has 0 unspecified atom stereocenters. The van der Waals surface area contributed by atoms with Crippen LogP contribution in [0.25, 0.3) is 0 Å². The van der Waals surface area contributed by atoms with Crippen molar-refractivity contribution in [1.29, 1.82) is 0 Å². The highest BCUT2D eigenvalue weighted by Gasteiger charge is 1.94. The van der Waals surface area contributed by atoms with Gasteiger partial charge in [0, 0.05) is 30.3 Å². The zero-order chi connectivity index (χ0) is 13.2. The molecule has 98 valence electrons. The van der Waals surface area contributed by atoms with Crippen molar-refractivity contribution in [2.24, 2.45) is 5.73 Å². The second-order valence-electron chi connectivity index (χ2n) is 3.59. The molecule has 1 rings (SSSR count).